The van der Waals surface area contributed by atoms with Gasteiger partial charge >= 0.3 is 0 Å². The number of hydrogen-bond donors (Lipinski definition) is 1. The van der Waals surface area contributed by atoms with Gasteiger partial charge < -0.3 is 9.88 Å². The molecule has 110 valence electrons. The van der Waals surface area contributed by atoms with Gasteiger partial charge in [-0.15, -0.1) is 10.2 Å². The Labute approximate surface area is 126 Å². The zero-order valence-corrected chi connectivity index (χ0v) is 12.2. The highest BCUT2D eigenvalue weighted by Gasteiger charge is 2.23. The Bertz CT molecular complexity index is 700. The second-order valence-electron chi connectivity index (χ2n) is 5.05. The summed E-state index contributed by atoms with van der Waals surface area (Å²) in [7, 11) is 0. The van der Waals surface area contributed by atoms with Crippen molar-refractivity contribution in [3.8, 4) is 0 Å². The summed E-state index contributed by atoms with van der Waals surface area (Å²) < 4.78 is 15.7. The molecule has 1 N–H and O–H groups in total. The number of nitrogens with zero attached hydrogens (tertiary/aromatic N) is 3. The van der Waals surface area contributed by atoms with E-state index in [2.05, 4.69) is 15.5 Å². The number of hydrogen-bond acceptors (Lipinski definition) is 3. The molecule has 0 saturated carbocycles. The third kappa shape index (κ3) is 2.63. The summed E-state index contributed by atoms with van der Waals surface area (Å²) in [4.78, 5) is 12.2. The van der Waals surface area contributed by atoms with Gasteiger partial charge in [0.2, 0.25) is 0 Å². The van der Waals surface area contributed by atoms with Crippen LogP contribution >= 0.6 is 11.6 Å². The number of amides is 1. The molecule has 3 rings (SSSR count). The second kappa shape index (κ2) is 5.44. The van der Waals surface area contributed by atoms with Crippen LogP contribution in [0.5, 0.6) is 0 Å². The number of rotatable bonds is 3. The van der Waals surface area contributed by atoms with Crippen LogP contribution in [0.1, 0.15) is 41.4 Å². The first-order valence-corrected chi connectivity index (χ1v) is 7.12. The Morgan fingerprint density at radius 3 is 3.10 bits per heavy atom. The summed E-state index contributed by atoms with van der Waals surface area (Å²) in [6, 6.07) is 3.54. The Morgan fingerprint density at radius 2 is 2.29 bits per heavy atom. The van der Waals surface area contributed by atoms with Crippen molar-refractivity contribution in [2.75, 3.05) is 0 Å². The standard InChI is InChI=1S/C14H14ClFN4O/c1-8(13-19-18-12-3-2-6-20(12)13)17-14(21)10-7-9(15)4-5-11(10)16/h4-5,7-8H,2-3,6H2,1H3,(H,17,21)/t8-/m1/s1. The lowest BCUT2D eigenvalue weighted by Gasteiger charge is -2.14. The monoisotopic (exact) mass is 308 g/mol. The first kappa shape index (κ1) is 14.0. The zero-order chi connectivity index (χ0) is 15.0. The number of carbonyl (C=O) groups is 1. The van der Waals surface area contributed by atoms with Crippen LogP contribution in [0.2, 0.25) is 5.02 Å². The zero-order valence-electron chi connectivity index (χ0n) is 11.4. The number of aromatic nitrogens is 3. The fourth-order valence-corrected chi connectivity index (χ4v) is 2.68. The van der Waals surface area contributed by atoms with E-state index in [4.69, 9.17) is 11.6 Å². The van der Waals surface area contributed by atoms with Crippen LogP contribution in [0.25, 0.3) is 0 Å². The van der Waals surface area contributed by atoms with Gasteiger partial charge in [-0.1, -0.05) is 11.6 Å². The van der Waals surface area contributed by atoms with Gasteiger partial charge in [0, 0.05) is 18.0 Å². The van der Waals surface area contributed by atoms with Gasteiger partial charge in [0.05, 0.1) is 11.6 Å². The molecule has 2 heterocycles. The maximum absolute atomic E-state index is 13.7. The predicted molar refractivity (Wildman–Crippen MR) is 75.6 cm³/mol. The lowest BCUT2D eigenvalue weighted by atomic mass is 10.2. The van der Waals surface area contributed by atoms with Crippen molar-refractivity contribution >= 4 is 17.5 Å². The van der Waals surface area contributed by atoms with E-state index < -0.39 is 11.7 Å². The number of fused-ring (bicyclic) bond motifs is 1. The maximum Gasteiger partial charge on any atom is 0.254 e. The summed E-state index contributed by atoms with van der Waals surface area (Å²) in [5.41, 5.74) is -0.0736. The largest absolute Gasteiger partial charge is 0.342 e. The molecule has 0 aliphatic carbocycles. The first-order chi connectivity index (χ1) is 10.1. The van der Waals surface area contributed by atoms with Crippen molar-refractivity contribution in [3.63, 3.8) is 0 Å². The molecule has 5 nitrogen and oxygen atoms in total. The summed E-state index contributed by atoms with van der Waals surface area (Å²) in [6.07, 6.45) is 1.93. The summed E-state index contributed by atoms with van der Waals surface area (Å²) >= 11 is 5.80. The van der Waals surface area contributed by atoms with E-state index in [0.29, 0.717) is 10.8 Å². The average Bonchev–Trinajstić information content (AvgIpc) is 3.03. The third-order valence-corrected chi connectivity index (χ3v) is 3.78. The van der Waals surface area contributed by atoms with Gasteiger partial charge in [0.15, 0.2) is 5.82 Å². The van der Waals surface area contributed by atoms with Crippen LogP contribution in [0.15, 0.2) is 18.2 Å². The van der Waals surface area contributed by atoms with E-state index in [-0.39, 0.29) is 11.6 Å². The molecule has 1 aliphatic rings. The summed E-state index contributed by atoms with van der Waals surface area (Å²) in [5, 5.41) is 11.3. The van der Waals surface area contributed by atoms with E-state index in [1.165, 1.54) is 18.2 Å². The molecule has 0 spiro atoms. The lowest BCUT2D eigenvalue weighted by molar-refractivity contribution is 0.0933. The Hall–Kier alpha value is -1.95. The third-order valence-electron chi connectivity index (χ3n) is 3.55. The van der Waals surface area contributed by atoms with Crippen LogP contribution in [0.4, 0.5) is 4.39 Å². The highest BCUT2D eigenvalue weighted by molar-refractivity contribution is 6.31. The van der Waals surface area contributed by atoms with Gasteiger partial charge in [-0.05, 0) is 31.5 Å². The van der Waals surface area contributed by atoms with Crippen LogP contribution in [0, 0.1) is 5.82 Å². The smallest absolute Gasteiger partial charge is 0.254 e. The number of nitrogens with one attached hydrogen (secondary N) is 1. The van der Waals surface area contributed by atoms with Gasteiger partial charge in [0.1, 0.15) is 11.6 Å². The molecule has 1 aliphatic heterocycles. The molecule has 21 heavy (non-hydrogen) atoms. The minimum absolute atomic E-state index is 0.0736. The van der Waals surface area contributed by atoms with Crippen LogP contribution in [-0.2, 0) is 13.0 Å². The van der Waals surface area contributed by atoms with Crippen molar-refractivity contribution < 1.29 is 9.18 Å². The Balaban J connectivity index is 1.79. The second-order valence-corrected chi connectivity index (χ2v) is 5.49. The van der Waals surface area contributed by atoms with Crippen LogP contribution < -0.4 is 5.32 Å². The molecular formula is C14H14ClFN4O. The van der Waals surface area contributed by atoms with Gasteiger partial charge in [-0.3, -0.25) is 4.79 Å². The molecule has 0 bridgehead atoms. The maximum atomic E-state index is 13.7. The van der Waals surface area contributed by atoms with Crippen molar-refractivity contribution in [2.45, 2.75) is 32.4 Å². The SMILES string of the molecule is C[C@@H](NC(=O)c1cc(Cl)ccc1F)c1nnc2n1CCC2. The predicted octanol–water partition coefficient (Wildman–Crippen LogP) is 2.51. The number of aryl methyl sites for hydroxylation is 1. The van der Waals surface area contributed by atoms with Gasteiger partial charge in [-0.2, -0.15) is 0 Å². The number of halogens is 2. The molecule has 0 radical (unpaired) electrons. The molecule has 1 aromatic carbocycles. The van der Waals surface area contributed by atoms with E-state index >= 15 is 0 Å². The molecular weight excluding hydrogens is 295 g/mol. The average molecular weight is 309 g/mol. The Morgan fingerprint density at radius 1 is 1.48 bits per heavy atom. The van der Waals surface area contributed by atoms with Crippen molar-refractivity contribution in [3.05, 3.63) is 46.3 Å². The lowest BCUT2D eigenvalue weighted by Crippen LogP contribution is -2.29. The van der Waals surface area contributed by atoms with Gasteiger partial charge in [-0.25, -0.2) is 4.39 Å². The van der Waals surface area contributed by atoms with Gasteiger partial charge in [0.25, 0.3) is 5.91 Å². The quantitative estimate of drug-likeness (QED) is 0.947. The molecule has 0 saturated heterocycles. The number of benzene rings is 1. The van der Waals surface area contributed by atoms with Crippen LogP contribution in [-0.4, -0.2) is 20.7 Å². The highest BCUT2D eigenvalue weighted by atomic mass is 35.5. The molecule has 2 aromatic rings. The van der Waals surface area contributed by atoms with E-state index in [0.717, 1.165) is 25.2 Å². The molecule has 7 heteroatoms. The summed E-state index contributed by atoms with van der Waals surface area (Å²) in [6.45, 7) is 2.65. The van der Waals surface area contributed by atoms with E-state index in [9.17, 15) is 9.18 Å². The fourth-order valence-electron chi connectivity index (χ4n) is 2.50. The molecule has 1 atom stereocenters. The molecule has 1 aromatic heterocycles. The van der Waals surface area contributed by atoms with Crippen molar-refractivity contribution in [1.29, 1.82) is 0 Å². The van der Waals surface area contributed by atoms with Crippen molar-refractivity contribution in [1.82, 2.24) is 20.1 Å². The molecule has 1 amide bonds. The van der Waals surface area contributed by atoms with Crippen molar-refractivity contribution in [2.24, 2.45) is 0 Å². The molecule has 0 unspecified atom stereocenters. The number of carbonyl (C=O) groups excluding carboxylic acids is 1. The fraction of sp³-hybridized carbons (Fsp3) is 0.357. The minimum atomic E-state index is -0.601. The van der Waals surface area contributed by atoms with Crippen LogP contribution in [0.3, 0.4) is 0 Å². The normalized spacial score (nSPS) is 14.8. The first-order valence-electron chi connectivity index (χ1n) is 6.74. The van der Waals surface area contributed by atoms with E-state index in [1.54, 1.807) is 6.92 Å². The summed E-state index contributed by atoms with van der Waals surface area (Å²) in [5.74, 6) is 0.506. The highest BCUT2D eigenvalue weighted by Crippen LogP contribution is 2.20. The minimum Gasteiger partial charge on any atom is -0.342 e. The Kier molecular flexibility index (Phi) is 3.63. The molecule has 0 fully saturated rings. The topological polar surface area (TPSA) is 59.8 Å². The van der Waals surface area contributed by atoms with E-state index in [1.807, 2.05) is 4.57 Å².